The van der Waals surface area contributed by atoms with Crippen molar-refractivity contribution in [2.24, 2.45) is 5.92 Å². The van der Waals surface area contributed by atoms with Gasteiger partial charge in [0.05, 0.1) is 8.95 Å². The third-order valence-electron chi connectivity index (χ3n) is 11.8. The van der Waals surface area contributed by atoms with E-state index >= 15 is 0 Å². The second-order valence-corrected chi connectivity index (χ2v) is 17.5. The number of carbonyl (C=O) groups excluding carboxylic acids is 4. The summed E-state index contributed by atoms with van der Waals surface area (Å²) < 4.78 is 0.890. The number of piperazine rings is 1. The molecule has 0 aliphatic carbocycles. The Morgan fingerprint density at radius 1 is 0.930 bits per heavy atom. The highest BCUT2D eigenvalue weighted by Crippen LogP contribution is 2.34. The number of anilines is 2. The summed E-state index contributed by atoms with van der Waals surface area (Å²) in [6.45, 7) is 7.18. The molecule has 7 rings (SSSR count). The Hall–Kier alpha value is -4.41. The number of urea groups is 2. The number of aromatic hydroxyl groups is 1. The standard InChI is InChI=1S/C41H51Br2N9O5/c1-41(25-27-6-12-44-13-7-27,38(55)50-20-18-49(19-21-50)30-8-14-45-15-9-30)48-37(54)35(24-28-22-32(42)36(53)33(43)23-28)47-39(56)51-16-10-31(11-17-51)52-26-29-4-2-3-5-34(29)46-40(52)57/h2-5,8-9,14-15,22-23,27,31,35,44,53H,6-7,10-13,16-21,24-26H2,1H3,(H,46,57)(H,47,56)(H,48,54)/t35-,41+/m1/s1. The van der Waals surface area contributed by atoms with Gasteiger partial charge in [0.1, 0.15) is 17.3 Å². The van der Waals surface area contributed by atoms with Crippen molar-refractivity contribution in [3.8, 4) is 5.75 Å². The second kappa shape index (κ2) is 18.0. The molecule has 0 spiro atoms. The average molecular weight is 910 g/mol. The molecule has 3 fully saturated rings. The van der Waals surface area contributed by atoms with Crippen LogP contribution >= 0.6 is 31.9 Å². The predicted molar refractivity (Wildman–Crippen MR) is 225 cm³/mol. The summed E-state index contributed by atoms with van der Waals surface area (Å²) in [5.41, 5.74) is 2.41. The Kier molecular flexibility index (Phi) is 12.9. The molecule has 0 unspecified atom stereocenters. The van der Waals surface area contributed by atoms with Crippen molar-refractivity contribution >= 4 is 67.1 Å². The van der Waals surface area contributed by atoms with Gasteiger partial charge in [-0.3, -0.25) is 14.6 Å². The number of piperidine rings is 2. The molecule has 2 aromatic carbocycles. The van der Waals surface area contributed by atoms with Gasteiger partial charge in [0.25, 0.3) is 0 Å². The maximum absolute atomic E-state index is 14.6. The first-order valence-corrected chi connectivity index (χ1v) is 21.4. The Balaban J connectivity index is 1.06. The van der Waals surface area contributed by atoms with Crippen molar-refractivity contribution < 1.29 is 24.3 Å². The molecule has 304 valence electrons. The first kappa shape index (κ1) is 40.8. The Morgan fingerprint density at radius 2 is 1.60 bits per heavy atom. The van der Waals surface area contributed by atoms with E-state index in [0.717, 1.165) is 42.9 Å². The van der Waals surface area contributed by atoms with Gasteiger partial charge in [-0.1, -0.05) is 18.2 Å². The first-order chi connectivity index (χ1) is 27.5. The molecule has 5 heterocycles. The minimum Gasteiger partial charge on any atom is -0.506 e. The number of nitrogens with zero attached hydrogens (tertiary/aromatic N) is 5. The molecular formula is C41H51Br2N9O5. The topological polar surface area (TPSA) is 162 Å². The quantitative estimate of drug-likeness (QED) is 0.189. The third kappa shape index (κ3) is 9.66. The number of phenols is 1. The SMILES string of the molecule is C[C@@](CC1CCNCC1)(NC(=O)[C@@H](Cc1cc(Br)c(O)c(Br)c1)NC(=O)N1CCC(N2Cc3ccccc3NC2=O)CC1)C(=O)N1CCN(c2ccncc2)CC1. The Labute approximate surface area is 350 Å². The van der Waals surface area contributed by atoms with Crippen LogP contribution in [0.1, 0.15) is 50.2 Å². The van der Waals surface area contributed by atoms with Crippen molar-refractivity contribution in [1.82, 2.24) is 35.6 Å². The van der Waals surface area contributed by atoms with Gasteiger partial charge in [-0.15, -0.1) is 0 Å². The number of carbonyl (C=O) groups is 4. The smallest absolute Gasteiger partial charge is 0.322 e. The van der Waals surface area contributed by atoms with Crippen molar-refractivity contribution in [3.05, 3.63) is 81.0 Å². The molecule has 2 atom stereocenters. The van der Waals surface area contributed by atoms with E-state index in [4.69, 9.17) is 0 Å². The van der Waals surface area contributed by atoms with Crippen LogP contribution in [-0.4, -0.2) is 119 Å². The van der Waals surface area contributed by atoms with Gasteiger partial charge in [-0.2, -0.15) is 0 Å². The fourth-order valence-corrected chi connectivity index (χ4v) is 9.89. The number of para-hydroxylation sites is 1. The lowest BCUT2D eigenvalue weighted by atomic mass is 9.82. The number of halogens is 2. The highest BCUT2D eigenvalue weighted by atomic mass is 79.9. The molecule has 0 bridgehead atoms. The monoisotopic (exact) mass is 907 g/mol. The van der Waals surface area contributed by atoms with Crippen LogP contribution in [0.3, 0.4) is 0 Å². The summed E-state index contributed by atoms with van der Waals surface area (Å²) in [5, 5.41) is 23.0. The molecular weight excluding hydrogens is 858 g/mol. The molecule has 16 heteroatoms. The van der Waals surface area contributed by atoms with Crippen LogP contribution in [0, 0.1) is 5.92 Å². The van der Waals surface area contributed by atoms with Gasteiger partial charge in [0.15, 0.2) is 0 Å². The summed E-state index contributed by atoms with van der Waals surface area (Å²) in [5.74, 6) is -0.327. The Morgan fingerprint density at radius 3 is 2.28 bits per heavy atom. The zero-order chi connectivity index (χ0) is 40.1. The first-order valence-electron chi connectivity index (χ1n) is 19.8. The van der Waals surface area contributed by atoms with E-state index in [0.29, 0.717) is 79.6 Å². The summed E-state index contributed by atoms with van der Waals surface area (Å²) in [6, 6.07) is 13.5. The lowest BCUT2D eigenvalue weighted by Gasteiger charge is -2.43. The molecule has 4 aliphatic rings. The average Bonchev–Trinajstić information content (AvgIpc) is 3.22. The number of rotatable bonds is 10. The molecule has 0 saturated carbocycles. The minimum atomic E-state index is -1.22. The number of hydrogen-bond acceptors (Lipinski definition) is 8. The molecule has 1 aromatic heterocycles. The number of amides is 6. The van der Waals surface area contributed by atoms with Gasteiger partial charge in [0.2, 0.25) is 11.8 Å². The van der Waals surface area contributed by atoms with E-state index < -0.39 is 23.5 Å². The van der Waals surface area contributed by atoms with Gasteiger partial charge < -0.3 is 46.0 Å². The molecule has 0 radical (unpaired) electrons. The molecule has 3 saturated heterocycles. The summed E-state index contributed by atoms with van der Waals surface area (Å²) in [6.07, 6.45) is 7.09. The number of aromatic nitrogens is 1. The van der Waals surface area contributed by atoms with Gasteiger partial charge in [-0.25, -0.2) is 9.59 Å². The van der Waals surface area contributed by atoms with Crippen LogP contribution in [0.25, 0.3) is 0 Å². The fourth-order valence-electron chi connectivity index (χ4n) is 8.60. The van der Waals surface area contributed by atoms with E-state index in [9.17, 15) is 24.3 Å². The van der Waals surface area contributed by atoms with Crippen LogP contribution in [0.15, 0.2) is 69.9 Å². The van der Waals surface area contributed by atoms with E-state index in [2.05, 4.69) is 63.0 Å². The number of fused-ring (bicyclic) bond motifs is 1. The number of hydrogen-bond donors (Lipinski definition) is 5. The highest BCUT2D eigenvalue weighted by molar-refractivity contribution is 9.11. The van der Waals surface area contributed by atoms with Gasteiger partial charge in [-0.05, 0) is 131 Å². The molecule has 14 nitrogen and oxygen atoms in total. The van der Waals surface area contributed by atoms with E-state index in [1.165, 1.54) is 0 Å². The number of phenolic OH excluding ortho intramolecular Hbond substituents is 1. The summed E-state index contributed by atoms with van der Waals surface area (Å²) in [7, 11) is 0. The lowest BCUT2D eigenvalue weighted by Crippen LogP contribution is -2.64. The molecule has 6 amide bonds. The van der Waals surface area contributed by atoms with E-state index in [1.54, 1.807) is 29.4 Å². The molecule has 5 N–H and O–H groups in total. The van der Waals surface area contributed by atoms with Crippen LogP contribution in [0.5, 0.6) is 5.75 Å². The maximum Gasteiger partial charge on any atom is 0.322 e. The second-order valence-electron chi connectivity index (χ2n) is 15.8. The van der Waals surface area contributed by atoms with Gasteiger partial charge in [0, 0.05) is 82.0 Å². The number of benzene rings is 2. The van der Waals surface area contributed by atoms with E-state index in [1.807, 2.05) is 53.1 Å². The van der Waals surface area contributed by atoms with E-state index in [-0.39, 0.29) is 36.1 Å². The normalized spacial score (nSPS) is 19.6. The molecule has 4 aliphatic heterocycles. The number of nitrogens with one attached hydrogen (secondary N) is 4. The zero-order valence-corrected chi connectivity index (χ0v) is 35.4. The fraction of sp³-hybridized carbons (Fsp3) is 0.488. The molecule has 3 aromatic rings. The summed E-state index contributed by atoms with van der Waals surface area (Å²) >= 11 is 6.81. The predicted octanol–water partition coefficient (Wildman–Crippen LogP) is 5.06. The maximum atomic E-state index is 14.6. The number of likely N-dealkylation sites (tertiary alicyclic amines) is 1. The summed E-state index contributed by atoms with van der Waals surface area (Å²) in [4.78, 5) is 68.0. The third-order valence-corrected chi connectivity index (χ3v) is 13.0. The van der Waals surface area contributed by atoms with Crippen molar-refractivity contribution in [1.29, 1.82) is 0 Å². The van der Waals surface area contributed by atoms with Gasteiger partial charge >= 0.3 is 12.1 Å². The van der Waals surface area contributed by atoms with Crippen LogP contribution in [-0.2, 0) is 22.6 Å². The van der Waals surface area contributed by atoms with Crippen molar-refractivity contribution in [2.45, 2.75) is 69.6 Å². The zero-order valence-electron chi connectivity index (χ0n) is 32.2. The Bertz CT molecular complexity index is 1910. The molecule has 57 heavy (non-hydrogen) atoms. The van der Waals surface area contributed by atoms with Crippen molar-refractivity contribution in [3.63, 3.8) is 0 Å². The van der Waals surface area contributed by atoms with Crippen LogP contribution < -0.4 is 26.2 Å². The largest absolute Gasteiger partial charge is 0.506 e. The lowest BCUT2D eigenvalue weighted by molar-refractivity contribution is -0.142. The van der Waals surface area contributed by atoms with Crippen LogP contribution in [0.4, 0.5) is 21.0 Å². The minimum absolute atomic E-state index is 0.0294. The van der Waals surface area contributed by atoms with Crippen molar-refractivity contribution in [2.75, 3.05) is 62.6 Å². The number of pyridine rings is 1. The van der Waals surface area contributed by atoms with Crippen LogP contribution in [0.2, 0.25) is 0 Å². The highest BCUT2D eigenvalue weighted by Gasteiger charge is 2.43.